The summed E-state index contributed by atoms with van der Waals surface area (Å²) in [4.78, 5) is 18.9. The largest absolute Gasteiger partial charge is 0.338 e. The van der Waals surface area contributed by atoms with Crippen molar-refractivity contribution in [1.82, 2.24) is 4.98 Å². The van der Waals surface area contributed by atoms with Crippen LogP contribution >= 0.6 is 0 Å². The highest BCUT2D eigenvalue weighted by atomic mass is 16.1. The highest BCUT2D eigenvalue weighted by Crippen LogP contribution is 2.35. The fourth-order valence-electron chi connectivity index (χ4n) is 4.45. The minimum atomic E-state index is -0.203. The molecule has 1 aliphatic rings. The molecular formula is C30H22N6O. The molecule has 0 saturated heterocycles. The number of nitrogens with zero attached hydrogens (tertiary/aromatic N) is 2. The maximum atomic E-state index is 12.9. The monoisotopic (exact) mass is 482 g/mol. The van der Waals surface area contributed by atoms with Gasteiger partial charge in [0.25, 0.3) is 5.91 Å². The Bertz CT molecular complexity index is 1690. The number of hydrogen-bond acceptors (Lipinski definition) is 5. The molecule has 7 nitrogen and oxygen atoms in total. The number of fused-ring (bicyclic) bond motifs is 3. The van der Waals surface area contributed by atoms with E-state index < -0.39 is 0 Å². The first-order chi connectivity index (χ1) is 18.1. The van der Waals surface area contributed by atoms with Crippen molar-refractivity contribution >= 4 is 51.2 Å². The number of amides is 1. The molecule has 0 radical (unpaired) electrons. The third-order valence-electron chi connectivity index (χ3n) is 6.34. The third-order valence-corrected chi connectivity index (χ3v) is 6.34. The summed E-state index contributed by atoms with van der Waals surface area (Å²) in [7, 11) is 0. The Morgan fingerprint density at radius 2 is 1.54 bits per heavy atom. The molecule has 0 aliphatic carbocycles. The number of rotatable bonds is 3. The van der Waals surface area contributed by atoms with Gasteiger partial charge in [0.2, 0.25) is 0 Å². The topological polar surface area (TPSA) is 105 Å². The van der Waals surface area contributed by atoms with Gasteiger partial charge in [0.1, 0.15) is 11.7 Å². The quantitative estimate of drug-likeness (QED) is 0.176. The van der Waals surface area contributed by atoms with E-state index in [1.165, 1.54) is 0 Å². The first kappa shape index (κ1) is 22.2. The predicted molar refractivity (Wildman–Crippen MR) is 148 cm³/mol. The van der Waals surface area contributed by atoms with Crippen molar-refractivity contribution < 1.29 is 4.79 Å². The number of pyridine rings is 1. The Hall–Kier alpha value is -5.30. The summed E-state index contributed by atoms with van der Waals surface area (Å²) >= 11 is 0. The molecule has 4 N–H and O–H groups in total. The highest BCUT2D eigenvalue weighted by molar-refractivity contribution is 6.30. The van der Waals surface area contributed by atoms with Crippen LogP contribution < -0.4 is 15.5 Å². The zero-order valence-electron chi connectivity index (χ0n) is 19.7. The van der Waals surface area contributed by atoms with E-state index in [9.17, 15) is 4.79 Å². The van der Waals surface area contributed by atoms with Gasteiger partial charge in [0, 0.05) is 28.6 Å². The molecule has 1 aliphatic heterocycles. The van der Waals surface area contributed by atoms with E-state index in [2.05, 4.69) is 15.6 Å². The average Bonchev–Trinajstić information content (AvgIpc) is 3.06. The van der Waals surface area contributed by atoms with E-state index in [4.69, 9.17) is 10.8 Å². The molecule has 7 heteroatoms. The first-order valence-corrected chi connectivity index (χ1v) is 11.8. The van der Waals surface area contributed by atoms with Crippen molar-refractivity contribution in [3.8, 4) is 0 Å². The van der Waals surface area contributed by atoms with E-state index in [0.717, 1.165) is 16.5 Å². The van der Waals surface area contributed by atoms with Gasteiger partial charge in [-0.3, -0.25) is 20.5 Å². The van der Waals surface area contributed by atoms with Crippen LogP contribution in [0.25, 0.3) is 10.8 Å². The van der Waals surface area contributed by atoms with E-state index in [0.29, 0.717) is 33.9 Å². The van der Waals surface area contributed by atoms with Gasteiger partial charge in [-0.05, 0) is 71.4 Å². The normalized spacial score (nSPS) is 12.2. The lowest BCUT2D eigenvalue weighted by atomic mass is 10.1. The van der Waals surface area contributed by atoms with Crippen LogP contribution in [-0.2, 0) is 0 Å². The van der Waals surface area contributed by atoms with Crippen LogP contribution in [0.4, 0.5) is 22.9 Å². The standard InChI is InChI=1S/C30H22N6O/c31-27(36-26-10-5-17-33-29(26)35-25-9-4-3-8-24(25)28(36)32)20-13-15-23(16-14-20)34-30(37)22-12-11-19-6-1-2-7-21(19)18-22/h1-18,31-32H,(H,33,35)(H,34,37). The summed E-state index contributed by atoms with van der Waals surface area (Å²) in [5.74, 6) is 0.672. The smallest absolute Gasteiger partial charge is 0.255 e. The molecule has 2 heterocycles. The molecule has 0 fully saturated rings. The van der Waals surface area contributed by atoms with Crippen LogP contribution in [0.5, 0.6) is 0 Å². The lowest BCUT2D eigenvalue weighted by Crippen LogP contribution is -2.36. The molecule has 37 heavy (non-hydrogen) atoms. The second kappa shape index (κ2) is 9.05. The highest BCUT2D eigenvalue weighted by Gasteiger charge is 2.28. The fraction of sp³-hybridized carbons (Fsp3) is 0. The first-order valence-electron chi connectivity index (χ1n) is 11.8. The summed E-state index contributed by atoms with van der Waals surface area (Å²) in [6.07, 6.45) is 1.68. The summed E-state index contributed by atoms with van der Waals surface area (Å²) in [5.41, 5.74) is 3.84. The van der Waals surface area contributed by atoms with Crippen molar-refractivity contribution in [1.29, 1.82) is 10.8 Å². The average molecular weight is 483 g/mol. The molecule has 5 aromatic rings. The van der Waals surface area contributed by atoms with Gasteiger partial charge < -0.3 is 10.6 Å². The molecular weight excluding hydrogens is 460 g/mol. The zero-order chi connectivity index (χ0) is 25.4. The minimum absolute atomic E-state index is 0.130. The Morgan fingerprint density at radius 1 is 0.811 bits per heavy atom. The number of aromatic nitrogens is 1. The molecule has 4 aromatic carbocycles. The molecule has 0 spiro atoms. The number of benzene rings is 4. The zero-order valence-corrected chi connectivity index (χ0v) is 19.7. The second-order valence-corrected chi connectivity index (χ2v) is 8.67. The van der Waals surface area contributed by atoms with Gasteiger partial charge in [-0.2, -0.15) is 0 Å². The number of carbonyl (C=O) groups is 1. The van der Waals surface area contributed by atoms with Gasteiger partial charge in [0.05, 0.1) is 11.4 Å². The number of carbonyl (C=O) groups excluding carboxylic acids is 1. The lowest BCUT2D eigenvalue weighted by Gasteiger charge is -2.25. The molecule has 1 aromatic heterocycles. The number of hydrogen-bond donors (Lipinski definition) is 4. The fourth-order valence-corrected chi connectivity index (χ4v) is 4.45. The molecule has 178 valence electrons. The molecule has 0 atom stereocenters. The van der Waals surface area contributed by atoms with E-state index in [1.807, 2.05) is 72.8 Å². The number of para-hydroxylation sites is 1. The predicted octanol–water partition coefficient (Wildman–Crippen LogP) is 6.40. The van der Waals surface area contributed by atoms with Crippen molar-refractivity contribution in [3.05, 3.63) is 126 Å². The molecule has 0 bridgehead atoms. The van der Waals surface area contributed by atoms with Crippen molar-refractivity contribution in [2.24, 2.45) is 0 Å². The minimum Gasteiger partial charge on any atom is -0.338 e. The summed E-state index contributed by atoms with van der Waals surface area (Å²) in [6, 6.07) is 31.7. The van der Waals surface area contributed by atoms with Crippen LogP contribution in [0.15, 0.2) is 109 Å². The molecule has 0 saturated carbocycles. The van der Waals surface area contributed by atoms with Crippen molar-refractivity contribution in [3.63, 3.8) is 0 Å². The molecule has 0 unspecified atom stereocenters. The number of nitrogens with one attached hydrogen (secondary N) is 4. The van der Waals surface area contributed by atoms with E-state index in [1.54, 1.807) is 41.4 Å². The van der Waals surface area contributed by atoms with Crippen LogP contribution in [-0.4, -0.2) is 22.6 Å². The SMILES string of the molecule is N=C(c1ccc(NC(=O)c2ccc3ccccc3c2)cc1)N1C(=N)c2ccccc2Nc2ncccc21. The van der Waals surface area contributed by atoms with E-state index in [-0.39, 0.29) is 17.6 Å². The van der Waals surface area contributed by atoms with Crippen molar-refractivity contribution in [2.75, 3.05) is 15.5 Å². The van der Waals surface area contributed by atoms with Gasteiger partial charge in [-0.15, -0.1) is 0 Å². The van der Waals surface area contributed by atoms with Gasteiger partial charge in [-0.25, -0.2) is 4.98 Å². The lowest BCUT2D eigenvalue weighted by molar-refractivity contribution is 0.102. The Labute approximate surface area is 213 Å². The van der Waals surface area contributed by atoms with Crippen LogP contribution in [0.2, 0.25) is 0 Å². The van der Waals surface area contributed by atoms with Crippen LogP contribution in [0.3, 0.4) is 0 Å². The number of anilines is 4. The molecule has 6 rings (SSSR count). The van der Waals surface area contributed by atoms with Crippen LogP contribution in [0.1, 0.15) is 21.5 Å². The summed E-state index contributed by atoms with van der Waals surface area (Å²) in [5, 5.41) is 26.2. The Kier molecular flexibility index (Phi) is 5.43. The molecule has 1 amide bonds. The van der Waals surface area contributed by atoms with Crippen LogP contribution in [0, 0.1) is 10.8 Å². The Balaban J connectivity index is 1.27. The van der Waals surface area contributed by atoms with Gasteiger partial charge in [-0.1, -0.05) is 42.5 Å². The maximum absolute atomic E-state index is 12.9. The second-order valence-electron chi connectivity index (χ2n) is 8.67. The van der Waals surface area contributed by atoms with Crippen molar-refractivity contribution in [2.45, 2.75) is 0 Å². The van der Waals surface area contributed by atoms with Gasteiger partial charge in [0.15, 0.2) is 5.82 Å². The van der Waals surface area contributed by atoms with Gasteiger partial charge >= 0.3 is 0 Å². The Morgan fingerprint density at radius 3 is 2.38 bits per heavy atom. The third kappa shape index (κ3) is 4.08. The summed E-state index contributed by atoms with van der Waals surface area (Å²) in [6.45, 7) is 0. The number of amidine groups is 2. The van der Waals surface area contributed by atoms with E-state index >= 15 is 0 Å². The maximum Gasteiger partial charge on any atom is 0.255 e. The summed E-state index contributed by atoms with van der Waals surface area (Å²) < 4.78 is 0.